The number of para-hydroxylation sites is 1. The van der Waals surface area contributed by atoms with Crippen LogP contribution in [0.15, 0.2) is 72.9 Å². The van der Waals surface area contributed by atoms with E-state index in [1.165, 1.54) is 65.3 Å². The number of benzene rings is 4. The molecule has 5 nitrogen and oxygen atoms in total. The lowest BCUT2D eigenvalue weighted by molar-refractivity contribution is -0.643. The van der Waals surface area contributed by atoms with Crippen molar-refractivity contribution >= 4 is 59.8 Å². The monoisotopic (exact) mass is 562 g/mol. The third-order valence-electron chi connectivity index (χ3n) is 9.02. The fraction of sp³-hybridized carbons (Fsp3) is 0.263. The first-order valence-corrected chi connectivity index (χ1v) is 15.1. The maximum absolute atomic E-state index is 5.09. The number of hydrogen-bond acceptors (Lipinski definition) is 3. The number of rotatable bonds is 1. The first-order valence-electron chi connectivity index (χ1n) is 15.1. The molecule has 5 heteroatoms. The van der Waals surface area contributed by atoms with Crippen molar-refractivity contribution in [1.29, 1.82) is 0 Å². The van der Waals surface area contributed by atoms with Crippen LogP contribution in [0.5, 0.6) is 0 Å². The van der Waals surface area contributed by atoms with E-state index < -0.39 is 0 Å². The normalized spacial score (nSPS) is 13.1. The Morgan fingerprint density at radius 2 is 1.28 bits per heavy atom. The molecule has 0 N–H and O–H groups in total. The highest BCUT2D eigenvalue weighted by atomic mass is 15.1. The summed E-state index contributed by atoms with van der Waals surface area (Å²) in [6.45, 7) is 15.3. The van der Waals surface area contributed by atoms with Gasteiger partial charge in [0.1, 0.15) is 18.7 Å². The van der Waals surface area contributed by atoms with Gasteiger partial charge in [-0.25, -0.2) is 19.5 Å². The van der Waals surface area contributed by atoms with Crippen LogP contribution in [0.2, 0.25) is 0 Å². The Morgan fingerprint density at radius 1 is 0.651 bits per heavy atom. The Morgan fingerprint density at radius 3 is 1.95 bits per heavy atom. The summed E-state index contributed by atoms with van der Waals surface area (Å²) >= 11 is 0. The van der Waals surface area contributed by atoms with E-state index in [9.17, 15) is 0 Å². The standard InChI is InChI=1S/C38H36N5/c1-21-24-13-9-10-14-25(24)31-26-15-11-12-16-27(26)43-28-20-23(19-22-17-18-42(8)32(30(22)28)29(21)33(31)43)34-39-35(37(2,3)4)41-36(40-34)38(5,6)7/h9-20H,1-8H3/q+1. The van der Waals surface area contributed by atoms with Gasteiger partial charge in [0.25, 0.3) is 0 Å². The molecule has 0 spiro atoms. The topological polar surface area (TPSA) is 47.0 Å². The average Bonchev–Trinajstić information content (AvgIpc) is 3.32. The number of nitrogens with zero attached hydrogens (tertiary/aromatic N) is 5. The molecule has 8 aromatic rings. The minimum atomic E-state index is -0.204. The van der Waals surface area contributed by atoms with Gasteiger partial charge in [0.2, 0.25) is 5.52 Å². The summed E-state index contributed by atoms with van der Waals surface area (Å²) in [7, 11) is 2.17. The molecule has 4 aromatic carbocycles. The third kappa shape index (κ3) is 3.57. The molecule has 0 bridgehead atoms. The van der Waals surface area contributed by atoms with Crippen LogP contribution in [0.1, 0.15) is 58.8 Å². The molecule has 0 saturated carbocycles. The molecule has 212 valence electrons. The van der Waals surface area contributed by atoms with Gasteiger partial charge in [-0.05, 0) is 46.8 Å². The van der Waals surface area contributed by atoms with Crippen molar-refractivity contribution in [2.24, 2.45) is 7.05 Å². The molecule has 0 radical (unpaired) electrons. The molecule has 43 heavy (non-hydrogen) atoms. The molecule has 4 aromatic heterocycles. The molecule has 0 fully saturated rings. The third-order valence-corrected chi connectivity index (χ3v) is 9.02. The largest absolute Gasteiger partial charge is 0.307 e. The Labute approximate surface area is 251 Å². The molecule has 0 atom stereocenters. The lowest BCUT2D eigenvalue weighted by Crippen LogP contribution is -2.29. The predicted molar refractivity (Wildman–Crippen MR) is 178 cm³/mol. The van der Waals surface area contributed by atoms with Gasteiger partial charge in [0.05, 0.1) is 27.3 Å². The predicted octanol–water partition coefficient (Wildman–Crippen LogP) is 8.72. The van der Waals surface area contributed by atoms with Crippen LogP contribution < -0.4 is 4.57 Å². The second-order valence-corrected chi connectivity index (χ2v) is 14.2. The SMILES string of the molecule is Cc1c2ccccc2c2c3ccccc3n3c4cc(-c5nc(C(C)(C)C)nc(C(C)(C)C)n5)cc5cc[n+](C)c(c1c23)c54. The zero-order valence-electron chi connectivity index (χ0n) is 26.2. The second-order valence-electron chi connectivity index (χ2n) is 14.2. The smallest absolute Gasteiger partial charge is 0.224 e. The zero-order chi connectivity index (χ0) is 30.0. The van der Waals surface area contributed by atoms with E-state index in [0.29, 0.717) is 0 Å². The van der Waals surface area contributed by atoms with Gasteiger partial charge in [-0.15, -0.1) is 0 Å². The Hall–Kier alpha value is -4.64. The summed E-state index contributed by atoms with van der Waals surface area (Å²) in [6, 6.07) is 24.5. The summed E-state index contributed by atoms with van der Waals surface area (Å²) in [6.07, 6.45) is 2.19. The van der Waals surface area contributed by atoms with Crippen molar-refractivity contribution in [3.8, 4) is 11.4 Å². The van der Waals surface area contributed by atoms with Crippen molar-refractivity contribution < 1.29 is 4.57 Å². The summed E-state index contributed by atoms with van der Waals surface area (Å²) in [5.41, 5.74) is 6.82. The van der Waals surface area contributed by atoms with Crippen molar-refractivity contribution in [2.75, 3.05) is 0 Å². The summed E-state index contributed by atoms with van der Waals surface area (Å²) in [4.78, 5) is 15.1. The van der Waals surface area contributed by atoms with E-state index in [0.717, 1.165) is 23.0 Å². The van der Waals surface area contributed by atoms with Gasteiger partial charge in [0.15, 0.2) is 12.0 Å². The van der Waals surface area contributed by atoms with Crippen molar-refractivity contribution in [3.05, 3.63) is 90.1 Å². The first-order chi connectivity index (χ1) is 20.4. The Kier molecular flexibility index (Phi) is 5.13. The van der Waals surface area contributed by atoms with Gasteiger partial charge in [-0.1, -0.05) is 84.0 Å². The molecule has 0 aliphatic heterocycles. The molecule has 0 saturated heterocycles. The van der Waals surface area contributed by atoms with Crippen LogP contribution in [-0.4, -0.2) is 19.4 Å². The zero-order valence-corrected chi connectivity index (χ0v) is 26.2. The highest BCUT2D eigenvalue weighted by Crippen LogP contribution is 2.45. The molecule has 0 aliphatic rings. The van der Waals surface area contributed by atoms with Crippen LogP contribution in [0.3, 0.4) is 0 Å². The van der Waals surface area contributed by atoms with Gasteiger partial charge < -0.3 is 4.40 Å². The van der Waals surface area contributed by atoms with Crippen LogP contribution in [0, 0.1) is 6.92 Å². The fourth-order valence-electron chi connectivity index (χ4n) is 6.89. The second kappa shape index (κ2) is 8.47. The minimum Gasteiger partial charge on any atom is -0.307 e. The minimum absolute atomic E-state index is 0.204. The molecule has 8 rings (SSSR count). The van der Waals surface area contributed by atoms with E-state index >= 15 is 0 Å². The quantitative estimate of drug-likeness (QED) is 0.114. The average molecular weight is 563 g/mol. The summed E-state index contributed by atoms with van der Waals surface area (Å²) < 4.78 is 4.79. The molecule has 4 heterocycles. The van der Waals surface area contributed by atoms with Crippen LogP contribution in [0.25, 0.3) is 71.2 Å². The van der Waals surface area contributed by atoms with E-state index in [1.54, 1.807) is 0 Å². The Balaban J connectivity index is 1.62. The fourth-order valence-corrected chi connectivity index (χ4v) is 6.89. The molecular formula is C38H36N5+. The number of aryl methyl sites for hydroxylation is 2. The number of aromatic nitrogens is 5. The molecule has 0 amide bonds. The van der Waals surface area contributed by atoms with Crippen LogP contribution in [0.4, 0.5) is 0 Å². The van der Waals surface area contributed by atoms with Crippen molar-refractivity contribution in [2.45, 2.75) is 59.3 Å². The maximum Gasteiger partial charge on any atom is 0.224 e. The number of fused-ring (bicyclic) bond motifs is 7. The molecular weight excluding hydrogens is 526 g/mol. The van der Waals surface area contributed by atoms with Crippen LogP contribution >= 0.6 is 0 Å². The van der Waals surface area contributed by atoms with Gasteiger partial charge in [-0.2, -0.15) is 0 Å². The van der Waals surface area contributed by atoms with Gasteiger partial charge >= 0.3 is 0 Å². The van der Waals surface area contributed by atoms with E-state index in [4.69, 9.17) is 15.0 Å². The molecule has 0 aliphatic carbocycles. The van der Waals surface area contributed by atoms with E-state index in [-0.39, 0.29) is 10.8 Å². The molecule has 0 unspecified atom stereocenters. The van der Waals surface area contributed by atoms with E-state index in [2.05, 4.69) is 137 Å². The lowest BCUT2D eigenvalue weighted by atomic mass is 9.92. The van der Waals surface area contributed by atoms with Gasteiger partial charge in [0, 0.05) is 33.2 Å². The highest BCUT2D eigenvalue weighted by molar-refractivity contribution is 6.33. The maximum atomic E-state index is 5.09. The highest BCUT2D eigenvalue weighted by Gasteiger charge is 2.28. The summed E-state index contributed by atoms with van der Waals surface area (Å²) in [5.74, 6) is 2.36. The Bertz CT molecular complexity index is 2400. The van der Waals surface area contributed by atoms with Crippen molar-refractivity contribution in [1.82, 2.24) is 19.4 Å². The van der Waals surface area contributed by atoms with Crippen LogP contribution in [-0.2, 0) is 17.9 Å². The number of hydrogen-bond donors (Lipinski definition) is 0. The summed E-state index contributed by atoms with van der Waals surface area (Å²) in [5, 5.41) is 8.93. The van der Waals surface area contributed by atoms with E-state index in [1.807, 2.05) is 0 Å². The number of pyridine rings is 2. The van der Waals surface area contributed by atoms with Gasteiger partial charge in [-0.3, -0.25) is 0 Å². The van der Waals surface area contributed by atoms with Crippen molar-refractivity contribution in [3.63, 3.8) is 0 Å². The lowest BCUT2D eigenvalue weighted by Gasteiger charge is -2.23. The first kappa shape index (κ1) is 26.0.